The van der Waals surface area contributed by atoms with E-state index >= 15 is 0 Å². The van der Waals surface area contributed by atoms with E-state index < -0.39 is 11.2 Å². The van der Waals surface area contributed by atoms with Crippen LogP contribution in [0.3, 0.4) is 0 Å². The quantitative estimate of drug-likeness (QED) is 0.737. The summed E-state index contributed by atoms with van der Waals surface area (Å²) >= 11 is 0. The summed E-state index contributed by atoms with van der Waals surface area (Å²) in [5.74, 6) is 0.192. The number of nitrogens with zero attached hydrogens (tertiary/aromatic N) is 4. The van der Waals surface area contributed by atoms with E-state index in [0.717, 1.165) is 10.1 Å². The Balaban J connectivity index is 2.31. The SMILES string of the molecule is CC(=O)Cn1c(=O)c2[nH]c(-c3ccncc3)nc2n(C)c1=O. The smallest absolute Gasteiger partial charge is 0.332 e. The lowest BCUT2D eigenvalue weighted by Crippen LogP contribution is -2.40. The van der Waals surface area contributed by atoms with Crippen LogP contribution in [0.1, 0.15) is 6.92 Å². The highest BCUT2D eigenvalue weighted by Gasteiger charge is 2.16. The van der Waals surface area contributed by atoms with Crippen molar-refractivity contribution in [2.75, 3.05) is 0 Å². The third-order valence-corrected chi connectivity index (χ3v) is 3.31. The molecule has 3 heterocycles. The Hall–Kier alpha value is -3.03. The number of Topliss-reactive ketones (excluding diaryl/α,β-unsaturated/α-hetero) is 1. The maximum Gasteiger partial charge on any atom is 0.332 e. The lowest BCUT2D eigenvalue weighted by molar-refractivity contribution is -0.117. The van der Waals surface area contributed by atoms with Gasteiger partial charge in [-0.1, -0.05) is 0 Å². The lowest BCUT2D eigenvalue weighted by atomic mass is 10.3. The second-order valence-electron chi connectivity index (χ2n) is 4.95. The van der Waals surface area contributed by atoms with Gasteiger partial charge in [0, 0.05) is 25.0 Å². The summed E-state index contributed by atoms with van der Waals surface area (Å²) in [5.41, 5.74) is 0.0644. The summed E-state index contributed by atoms with van der Waals surface area (Å²) in [7, 11) is 1.51. The lowest BCUT2D eigenvalue weighted by Gasteiger charge is -2.05. The van der Waals surface area contributed by atoms with E-state index in [1.165, 1.54) is 18.5 Å². The average Bonchev–Trinajstić information content (AvgIpc) is 2.96. The molecule has 22 heavy (non-hydrogen) atoms. The first kappa shape index (κ1) is 13.9. The molecule has 0 radical (unpaired) electrons. The Morgan fingerprint density at radius 1 is 1.27 bits per heavy atom. The Labute approximate surface area is 124 Å². The van der Waals surface area contributed by atoms with E-state index in [1.54, 1.807) is 24.5 Å². The number of carbonyl (C=O) groups is 1. The highest BCUT2D eigenvalue weighted by atomic mass is 16.2. The first-order valence-corrected chi connectivity index (χ1v) is 6.58. The summed E-state index contributed by atoms with van der Waals surface area (Å²) < 4.78 is 2.15. The van der Waals surface area contributed by atoms with Crippen molar-refractivity contribution in [3.63, 3.8) is 0 Å². The summed E-state index contributed by atoms with van der Waals surface area (Å²) in [4.78, 5) is 47.0. The fourth-order valence-corrected chi connectivity index (χ4v) is 2.26. The van der Waals surface area contributed by atoms with Crippen molar-refractivity contribution in [2.24, 2.45) is 7.05 Å². The number of rotatable bonds is 3. The van der Waals surface area contributed by atoms with Crippen molar-refractivity contribution in [3.05, 3.63) is 45.4 Å². The first-order valence-electron chi connectivity index (χ1n) is 6.58. The molecule has 8 nitrogen and oxygen atoms in total. The van der Waals surface area contributed by atoms with Gasteiger partial charge in [-0.2, -0.15) is 0 Å². The number of hydrogen-bond acceptors (Lipinski definition) is 5. The van der Waals surface area contributed by atoms with Crippen LogP contribution in [-0.4, -0.2) is 29.9 Å². The molecule has 3 aromatic heterocycles. The number of hydrogen-bond donors (Lipinski definition) is 1. The zero-order chi connectivity index (χ0) is 15.9. The Bertz CT molecular complexity index is 981. The minimum absolute atomic E-state index is 0.190. The Morgan fingerprint density at radius 2 is 1.95 bits per heavy atom. The second-order valence-corrected chi connectivity index (χ2v) is 4.95. The maximum atomic E-state index is 12.4. The number of H-pyrrole nitrogens is 1. The van der Waals surface area contributed by atoms with Gasteiger partial charge in [0.25, 0.3) is 5.56 Å². The average molecular weight is 299 g/mol. The number of ketones is 1. The predicted octanol–water partition coefficient (Wildman–Crippen LogP) is 0.0743. The van der Waals surface area contributed by atoms with Gasteiger partial charge in [-0.3, -0.25) is 23.7 Å². The van der Waals surface area contributed by atoms with Gasteiger partial charge < -0.3 is 4.98 Å². The molecule has 0 aliphatic carbocycles. The summed E-state index contributed by atoms with van der Waals surface area (Å²) in [6.45, 7) is 1.07. The monoisotopic (exact) mass is 299 g/mol. The van der Waals surface area contributed by atoms with Crippen LogP contribution in [0.5, 0.6) is 0 Å². The molecule has 0 aliphatic rings. The number of pyridine rings is 1. The molecule has 1 N–H and O–H groups in total. The predicted molar refractivity (Wildman–Crippen MR) is 79.5 cm³/mol. The fraction of sp³-hybridized carbons (Fsp3) is 0.214. The number of carbonyl (C=O) groups excluding carboxylic acids is 1. The van der Waals surface area contributed by atoms with Crippen molar-refractivity contribution >= 4 is 16.9 Å². The molecule has 112 valence electrons. The fourth-order valence-electron chi connectivity index (χ4n) is 2.26. The molecular weight excluding hydrogens is 286 g/mol. The molecular formula is C14H13N5O3. The number of aryl methyl sites for hydroxylation is 1. The van der Waals surface area contributed by atoms with Crippen molar-refractivity contribution in [1.29, 1.82) is 0 Å². The topological polar surface area (TPSA) is 103 Å². The zero-order valence-corrected chi connectivity index (χ0v) is 12.0. The molecule has 8 heteroatoms. The van der Waals surface area contributed by atoms with Crippen LogP contribution in [0.2, 0.25) is 0 Å². The molecule has 0 aliphatic heterocycles. The molecule has 0 spiro atoms. The normalized spacial score (nSPS) is 11.0. The third kappa shape index (κ3) is 2.14. The van der Waals surface area contributed by atoms with Gasteiger partial charge in [-0.05, 0) is 19.1 Å². The van der Waals surface area contributed by atoms with Gasteiger partial charge >= 0.3 is 5.69 Å². The summed E-state index contributed by atoms with van der Waals surface area (Å²) in [6, 6.07) is 3.48. The maximum absolute atomic E-state index is 12.4. The molecule has 0 aromatic carbocycles. The third-order valence-electron chi connectivity index (χ3n) is 3.31. The standard InChI is InChI=1S/C14H13N5O3/c1-8(20)7-19-13(21)10-12(18(2)14(19)22)17-11(16-10)9-3-5-15-6-4-9/h3-6H,7H2,1-2H3,(H,16,17). The van der Waals surface area contributed by atoms with Crippen molar-refractivity contribution in [3.8, 4) is 11.4 Å². The van der Waals surface area contributed by atoms with Crippen LogP contribution in [-0.2, 0) is 18.4 Å². The zero-order valence-electron chi connectivity index (χ0n) is 12.0. The number of aromatic amines is 1. The molecule has 0 saturated carbocycles. The van der Waals surface area contributed by atoms with Gasteiger partial charge in [0.15, 0.2) is 5.65 Å². The highest BCUT2D eigenvalue weighted by molar-refractivity contribution is 5.77. The van der Waals surface area contributed by atoms with Gasteiger partial charge in [0.05, 0.1) is 6.54 Å². The molecule has 0 saturated heterocycles. The van der Waals surface area contributed by atoms with Crippen LogP contribution < -0.4 is 11.2 Å². The van der Waals surface area contributed by atoms with E-state index in [1.807, 2.05) is 0 Å². The van der Waals surface area contributed by atoms with E-state index in [2.05, 4.69) is 15.0 Å². The molecule has 0 unspecified atom stereocenters. The van der Waals surface area contributed by atoms with Crippen molar-refractivity contribution in [1.82, 2.24) is 24.1 Å². The van der Waals surface area contributed by atoms with Crippen LogP contribution >= 0.6 is 0 Å². The Kier molecular flexibility index (Phi) is 3.21. The number of aromatic nitrogens is 5. The van der Waals surface area contributed by atoms with Gasteiger partial charge in [-0.15, -0.1) is 0 Å². The molecule has 3 rings (SSSR count). The minimum Gasteiger partial charge on any atom is -0.332 e. The van der Waals surface area contributed by atoms with Crippen molar-refractivity contribution < 1.29 is 4.79 Å². The number of imidazole rings is 1. The summed E-state index contributed by atoms with van der Waals surface area (Å²) in [5, 5.41) is 0. The Morgan fingerprint density at radius 3 is 2.59 bits per heavy atom. The molecule has 0 amide bonds. The van der Waals surface area contributed by atoms with Crippen LogP contribution in [0.25, 0.3) is 22.6 Å². The molecule has 0 fully saturated rings. The highest BCUT2D eigenvalue weighted by Crippen LogP contribution is 2.16. The van der Waals surface area contributed by atoms with Crippen molar-refractivity contribution in [2.45, 2.75) is 13.5 Å². The number of nitrogens with one attached hydrogen (secondary N) is 1. The second kappa shape index (κ2) is 5.06. The summed E-state index contributed by atoms with van der Waals surface area (Å²) in [6.07, 6.45) is 3.21. The van der Waals surface area contributed by atoms with Gasteiger partial charge in [0.1, 0.15) is 17.1 Å². The van der Waals surface area contributed by atoms with E-state index in [0.29, 0.717) is 5.82 Å². The van der Waals surface area contributed by atoms with E-state index in [-0.39, 0.29) is 23.5 Å². The first-order chi connectivity index (χ1) is 10.5. The van der Waals surface area contributed by atoms with Crippen LogP contribution in [0, 0.1) is 0 Å². The molecule has 3 aromatic rings. The van der Waals surface area contributed by atoms with Crippen LogP contribution in [0.15, 0.2) is 34.1 Å². The number of fused-ring (bicyclic) bond motifs is 1. The van der Waals surface area contributed by atoms with E-state index in [4.69, 9.17) is 0 Å². The van der Waals surface area contributed by atoms with E-state index in [9.17, 15) is 14.4 Å². The van der Waals surface area contributed by atoms with Gasteiger partial charge in [-0.25, -0.2) is 9.78 Å². The minimum atomic E-state index is -0.569. The largest absolute Gasteiger partial charge is 0.332 e. The molecule has 0 atom stereocenters. The van der Waals surface area contributed by atoms with Gasteiger partial charge in [0.2, 0.25) is 0 Å². The molecule has 0 bridgehead atoms. The van der Waals surface area contributed by atoms with Crippen LogP contribution in [0.4, 0.5) is 0 Å².